The normalized spacial score (nSPS) is 16.5. The zero-order chi connectivity index (χ0) is 8.15. The molecule has 0 saturated heterocycles. The molecule has 2 atom stereocenters. The Labute approximate surface area is 66.0 Å². The van der Waals surface area contributed by atoms with Crippen LogP contribution in [0.4, 0.5) is 0 Å². The van der Waals surface area contributed by atoms with E-state index >= 15 is 0 Å². The van der Waals surface area contributed by atoms with Crippen LogP contribution in [0.5, 0.6) is 0 Å². The van der Waals surface area contributed by atoms with Crippen molar-refractivity contribution in [1.82, 2.24) is 0 Å². The van der Waals surface area contributed by atoms with E-state index in [1.807, 2.05) is 0 Å². The first-order valence-corrected chi connectivity index (χ1v) is 4.38. The van der Waals surface area contributed by atoms with Gasteiger partial charge in [0.05, 0.1) is 25.7 Å². The molecule has 0 spiro atoms. The average Bonchev–Trinajstić information content (AvgIpc) is 1.87. The Kier molecular flexibility index (Phi) is 4.59. The van der Waals surface area contributed by atoms with Crippen molar-refractivity contribution < 1.29 is 0 Å². The number of hydrogen-bond donors (Lipinski definition) is 0. The van der Waals surface area contributed by atoms with Crippen molar-refractivity contribution in [3.05, 3.63) is 5.92 Å². The Morgan fingerprint density at radius 1 is 1.20 bits per heavy atom. The summed E-state index contributed by atoms with van der Waals surface area (Å²) in [7, 11) is 0. The van der Waals surface area contributed by atoms with Crippen LogP contribution in [0, 0.1) is 17.8 Å². The van der Waals surface area contributed by atoms with Crippen LogP contribution in [-0.4, -0.2) is 0 Å². The third kappa shape index (κ3) is 3.81. The van der Waals surface area contributed by atoms with Crippen molar-refractivity contribution in [1.29, 1.82) is 0 Å². The zero-order valence-electron chi connectivity index (χ0n) is 8.07. The first-order valence-electron chi connectivity index (χ1n) is 4.38. The molecule has 0 aromatic heterocycles. The van der Waals surface area contributed by atoms with E-state index in [1.165, 1.54) is 12.8 Å². The first kappa shape index (κ1) is 9.87. The van der Waals surface area contributed by atoms with Crippen LogP contribution in [0.3, 0.4) is 0 Å². The highest BCUT2D eigenvalue weighted by Crippen LogP contribution is 2.22. The van der Waals surface area contributed by atoms with Crippen LogP contribution >= 0.6 is 0 Å². The second-order valence-electron chi connectivity index (χ2n) is 3.73. The highest BCUT2D eigenvalue weighted by molar-refractivity contribution is 4.84. The van der Waals surface area contributed by atoms with Gasteiger partial charge in [-0.2, -0.15) is 0 Å². The molecular formula is C10H21+. The van der Waals surface area contributed by atoms with Gasteiger partial charge in [-0.1, -0.05) is 20.3 Å². The van der Waals surface area contributed by atoms with E-state index in [-0.39, 0.29) is 0 Å². The molecule has 0 aliphatic heterocycles. The molecule has 0 heterocycles. The summed E-state index contributed by atoms with van der Waals surface area (Å²) in [6.45, 7) is 11.4. The predicted molar refractivity (Wildman–Crippen MR) is 47.8 cm³/mol. The van der Waals surface area contributed by atoms with Crippen molar-refractivity contribution in [3.63, 3.8) is 0 Å². The van der Waals surface area contributed by atoms with Gasteiger partial charge in [-0.05, 0) is 19.3 Å². The maximum absolute atomic E-state index is 2.33. The monoisotopic (exact) mass is 141 g/mol. The molecule has 0 aliphatic carbocycles. The number of hydrogen-bond acceptors (Lipinski definition) is 0. The molecule has 0 aromatic carbocycles. The summed E-state index contributed by atoms with van der Waals surface area (Å²) >= 11 is 0. The summed E-state index contributed by atoms with van der Waals surface area (Å²) in [5.41, 5.74) is 0. The van der Waals surface area contributed by atoms with E-state index in [0.717, 1.165) is 11.8 Å². The van der Waals surface area contributed by atoms with Crippen LogP contribution in [0.25, 0.3) is 0 Å². The van der Waals surface area contributed by atoms with E-state index in [2.05, 4.69) is 34.6 Å². The van der Waals surface area contributed by atoms with Gasteiger partial charge in [0.25, 0.3) is 0 Å². The fourth-order valence-corrected chi connectivity index (χ4v) is 1.01. The van der Waals surface area contributed by atoms with Gasteiger partial charge in [0.1, 0.15) is 0 Å². The Bertz CT molecular complexity index is 74.1. The largest absolute Gasteiger partial charge is 0.0970 e. The lowest BCUT2D eigenvalue weighted by molar-refractivity contribution is 0.417. The van der Waals surface area contributed by atoms with Crippen LogP contribution in [0.15, 0.2) is 0 Å². The van der Waals surface area contributed by atoms with Crippen LogP contribution in [0.1, 0.15) is 47.5 Å². The Morgan fingerprint density at radius 3 is 2.00 bits per heavy atom. The van der Waals surface area contributed by atoms with Crippen LogP contribution < -0.4 is 0 Å². The molecule has 0 heteroatoms. The smallest absolute Gasteiger partial charge is 0.0651 e. The maximum atomic E-state index is 2.33. The Balaban J connectivity index is 3.46. The molecule has 60 valence electrons. The quantitative estimate of drug-likeness (QED) is 0.524. The SMILES string of the molecule is CCC(C)CC(C)[C+](C)C. The second-order valence-corrected chi connectivity index (χ2v) is 3.73. The summed E-state index contributed by atoms with van der Waals surface area (Å²) < 4.78 is 0. The molecule has 0 rings (SSSR count). The van der Waals surface area contributed by atoms with E-state index in [4.69, 9.17) is 0 Å². The van der Waals surface area contributed by atoms with Gasteiger partial charge in [-0.25, -0.2) is 0 Å². The van der Waals surface area contributed by atoms with Crippen molar-refractivity contribution in [2.75, 3.05) is 0 Å². The first-order chi connectivity index (χ1) is 4.57. The minimum Gasteiger partial charge on any atom is -0.0651 e. The van der Waals surface area contributed by atoms with Gasteiger partial charge in [-0.3, -0.25) is 0 Å². The molecule has 0 saturated carbocycles. The lowest BCUT2D eigenvalue weighted by atomic mass is 9.88. The van der Waals surface area contributed by atoms with Gasteiger partial charge in [-0.15, -0.1) is 0 Å². The zero-order valence-corrected chi connectivity index (χ0v) is 8.07. The molecule has 0 radical (unpaired) electrons. The molecule has 0 aliphatic rings. The summed E-state index contributed by atoms with van der Waals surface area (Å²) in [6.07, 6.45) is 2.68. The average molecular weight is 141 g/mol. The minimum absolute atomic E-state index is 0.815. The third-order valence-corrected chi connectivity index (χ3v) is 2.44. The van der Waals surface area contributed by atoms with Gasteiger partial charge < -0.3 is 0 Å². The molecule has 0 fully saturated rings. The highest BCUT2D eigenvalue weighted by Gasteiger charge is 2.18. The number of rotatable bonds is 4. The van der Waals surface area contributed by atoms with Gasteiger partial charge >= 0.3 is 0 Å². The van der Waals surface area contributed by atoms with Crippen molar-refractivity contribution in [2.45, 2.75) is 47.5 Å². The topological polar surface area (TPSA) is 0 Å². The van der Waals surface area contributed by atoms with E-state index in [1.54, 1.807) is 5.92 Å². The fourth-order valence-electron chi connectivity index (χ4n) is 1.01. The molecule has 0 amide bonds. The summed E-state index contributed by atoms with van der Waals surface area (Å²) in [6, 6.07) is 0. The van der Waals surface area contributed by atoms with Gasteiger partial charge in [0, 0.05) is 0 Å². The molecule has 10 heavy (non-hydrogen) atoms. The summed E-state index contributed by atoms with van der Waals surface area (Å²) in [5.74, 6) is 3.28. The van der Waals surface area contributed by atoms with E-state index in [9.17, 15) is 0 Å². The van der Waals surface area contributed by atoms with Crippen LogP contribution in [0.2, 0.25) is 0 Å². The van der Waals surface area contributed by atoms with Gasteiger partial charge in [0.15, 0.2) is 0 Å². The van der Waals surface area contributed by atoms with Crippen molar-refractivity contribution in [2.24, 2.45) is 11.8 Å². The summed E-state index contributed by atoms with van der Waals surface area (Å²) in [4.78, 5) is 0. The van der Waals surface area contributed by atoms with Crippen molar-refractivity contribution >= 4 is 0 Å². The highest BCUT2D eigenvalue weighted by atomic mass is 14.2. The molecule has 0 N–H and O–H groups in total. The predicted octanol–water partition coefficient (Wildman–Crippen LogP) is 3.67. The second kappa shape index (κ2) is 4.65. The van der Waals surface area contributed by atoms with E-state index in [0.29, 0.717) is 0 Å². The Morgan fingerprint density at radius 2 is 1.70 bits per heavy atom. The minimum atomic E-state index is 0.815. The molecule has 0 aromatic rings. The fraction of sp³-hybridized carbons (Fsp3) is 0.900. The summed E-state index contributed by atoms with van der Waals surface area (Å²) in [5, 5.41) is 0. The molecule has 0 nitrogen and oxygen atoms in total. The third-order valence-electron chi connectivity index (χ3n) is 2.44. The molecule has 0 bridgehead atoms. The van der Waals surface area contributed by atoms with Gasteiger partial charge in [0.2, 0.25) is 0 Å². The Hall–Kier alpha value is -0.130. The molecule has 2 unspecified atom stereocenters. The lowest BCUT2D eigenvalue weighted by Crippen LogP contribution is -2.06. The van der Waals surface area contributed by atoms with Crippen LogP contribution in [-0.2, 0) is 0 Å². The lowest BCUT2D eigenvalue weighted by Gasteiger charge is -2.11. The maximum Gasteiger partial charge on any atom is 0.0970 e. The molecular weight excluding hydrogens is 120 g/mol. The van der Waals surface area contributed by atoms with Crippen molar-refractivity contribution in [3.8, 4) is 0 Å². The van der Waals surface area contributed by atoms with E-state index < -0.39 is 0 Å². The standard InChI is InChI=1S/C10H21/c1-6-9(4)7-10(5)8(2)3/h9-10H,6-7H2,1-5H3/q+1.